The highest BCUT2D eigenvalue weighted by Gasteiger charge is 2.31. The summed E-state index contributed by atoms with van der Waals surface area (Å²) in [5.41, 5.74) is 1.75. The number of hydrogen-bond acceptors (Lipinski definition) is 4. The van der Waals surface area contributed by atoms with Gasteiger partial charge in [0.1, 0.15) is 18.4 Å². The Bertz CT molecular complexity index is 1120. The number of benzene rings is 2. The molecule has 0 aromatic heterocycles. The molecule has 1 aliphatic rings. The van der Waals surface area contributed by atoms with Gasteiger partial charge in [-0.2, -0.15) is 0 Å². The van der Waals surface area contributed by atoms with Crippen molar-refractivity contribution < 1.29 is 22.4 Å². The van der Waals surface area contributed by atoms with Gasteiger partial charge in [-0.25, -0.2) is 12.8 Å². The highest BCUT2D eigenvalue weighted by atomic mass is 32.2. The average molecular weight is 490 g/mol. The van der Waals surface area contributed by atoms with Gasteiger partial charge in [0.25, 0.3) is 0 Å². The van der Waals surface area contributed by atoms with Crippen LogP contribution in [0.5, 0.6) is 0 Å². The van der Waals surface area contributed by atoms with Gasteiger partial charge in [0.15, 0.2) is 0 Å². The molecular formula is C25H32FN3O4S. The lowest BCUT2D eigenvalue weighted by molar-refractivity contribution is -0.139. The quantitative estimate of drug-likeness (QED) is 0.585. The minimum atomic E-state index is -3.78. The van der Waals surface area contributed by atoms with Crippen LogP contribution in [-0.4, -0.2) is 50.0 Å². The van der Waals surface area contributed by atoms with Crippen LogP contribution in [0.4, 0.5) is 10.1 Å². The van der Waals surface area contributed by atoms with Crippen LogP contribution in [0.15, 0.2) is 48.5 Å². The summed E-state index contributed by atoms with van der Waals surface area (Å²) in [6, 6.07) is 11.8. The summed E-state index contributed by atoms with van der Waals surface area (Å²) in [5.74, 6) is -1.22. The van der Waals surface area contributed by atoms with Gasteiger partial charge >= 0.3 is 0 Å². The fourth-order valence-corrected chi connectivity index (χ4v) is 5.11. The third-order valence-corrected chi connectivity index (χ3v) is 7.32. The number of sulfonamides is 1. The molecule has 3 rings (SSSR count). The number of halogens is 1. The van der Waals surface area contributed by atoms with Gasteiger partial charge in [-0.05, 0) is 56.0 Å². The molecule has 1 unspecified atom stereocenters. The van der Waals surface area contributed by atoms with E-state index in [2.05, 4.69) is 5.32 Å². The Kier molecular flexibility index (Phi) is 8.30. The molecule has 0 aliphatic heterocycles. The van der Waals surface area contributed by atoms with Crippen LogP contribution >= 0.6 is 0 Å². The summed E-state index contributed by atoms with van der Waals surface area (Å²) in [6.45, 7) is 2.99. The number of hydrogen-bond donors (Lipinski definition) is 1. The maximum atomic E-state index is 13.5. The van der Waals surface area contributed by atoms with E-state index in [1.54, 1.807) is 50.2 Å². The van der Waals surface area contributed by atoms with E-state index in [9.17, 15) is 22.4 Å². The molecule has 9 heteroatoms. The summed E-state index contributed by atoms with van der Waals surface area (Å²) in [4.78, 5) is 27.9. The van der Waals surface area contributed by atoms with Crippen molar-refractivity contribution >= 4 is 27.5 Å². The second kappa shape index (κ2) is 11.0. The number of nitrogens with one attached hydrogen (secondary N) is 1. The Balaban J connectivity index is 1.88. The first-order valence-corrected chi connectivity index (χ1v) is 13.3. The van der Waals surface area contributed by atoms with E-state index in [0.29, 0.717) is 16.8 Å². The van der Waals surface area contributed by atoms with Crippen molar-refractivity contribution in [2.45, 2.75) is 58.2 Å². The van der Waals surface area contributed by atoms with Crippen LogP contribution in [0.25, 0.3) is 0 Å². The Labute approximate surface area is 201 Å². The van der Waals surface area contributed by atoms with Gasteiger partial charge in [0, 0.05) is 12.6 Å². The summed E-state index contributed by atoms with van der Waals surface area (Å²) in [5, 5.41) is 3.01. The molecule has 184 valence electrons. The van der Waals surface area contributed by atoms with E-state index in [1.165, 1.54) is 17.0 Å². The first-order valence-electron chi connectivity index (χ1n) is 11.4. The Morgan fingerprint density at radius 1 is 1.09 bits per heavy atom. The SMILES string of the molecule is Cc1ccccc1N(CC(=O)N(Cc1ccc(F)cc1)C(C)C(=O)NC1CCCC1)S(C)(=O)=O. The highest BCUT2D eigenvalue weighted by molar-refractivity contribution is 7.92. The molecule has 1 atom stereocenters. The predicted octanol–water partition coefficient (Wildman–Crippen LogP) is 3.38. The molecule has 2 amide bonds. The maximum Gasteiger partial charge on any atom is 0.244 e. The molecule has 2 aromatic carbocycles. The minimum absolute atomic E-state index is 0.0454. The van der Waals surface area contributed by atoms with E-state index in [0.717, 1.165) is 36.2 Å². The van der Waals surface area contributed by atoms with Crippen LogP contribution in [0.1, 0.15) is 43.7 Å². The topological polar surface area (TPSA) is 86.8 Å². The number of aryl methyl sites for hydroxylation is 1. The number of carbonyl (C=O) groups is 2. The molecule has 0 saturated heterocycles. The van der Waals surface area contributed by atoms with Gasteiger partial charge in [0.2, 0.25) is 21.8 Å². The molecule has 7 nitrogen and oxygen atoms in total. The van der Waals surface area contributed by atoms with Crippen LogP contribution in [-0.2, 0) is 26.2 Å². The van der Waals surface area contributed by atoms with Crippen molar-refractivity contribution in [3.63, 3.8) is 0 Å². The minimum Gasteiger partial charge on any atom is -0.352 e. The van der Waals surface area contributed by atoms with Gasteiger partial charge < -0.3 is 10.2 Å². The average Bonchev–Trinajstić information content (AvgIpc) is 3.29. The molecule has 1 fully saturated rings. The lowest BCUT2D eigenvalue weighted by Crippen LogP contribution is -2.52. The van der Waals surface area contributed by atoms with Crippen molar-refractivity contribution in [3.8, 4) is 0 Å². The summed E-state index contributed by atoms with van der Waals surface area (Å²) in [6.07, 6.45) is 4.96. The zero-order valence-corrected chi connectivity index (χ0v) is 20.6. The molecular weight excluding hydrogens is 457 g/mol. The largest absolute Gasteiger partial charge is 0.352 e. The third-order valence-electron chi connectivity index (χ3n) is 6.20. The summed E-state index contributed by atoms with van der Waals surface area (Å²) >= 11 is 0. The van der Waals surface area contributed by atoms with Gasteiger partial charge in [0.05, 0.1) is 11.9 Å². The van der Waals surface area contributed by atoms with E-state index in [-0.39, 0.29) is 18.5 Å². The fourth-order valence-electron chi connectivity index (χ4n) is 4.20. The van der Waals surface area contributed by atoms with E-state index < -0.39 is 34.3 Å². The number of nitrogens with zero attached hydrogens (tertiary/aromatic N) is 2. The number of amides is 2. The second-order valence-corrected chi connectivity index (χ2v) is 10.8. The molecule has 1 saturated carbocycles. The zero-order chi connectivity index (χ0) is 24.9. The van der Waals surface area contributed by atoms with Gasteiger partial charge in [-0.1, -0.05) is 43.2 Å². The van der Waals surface area contributed by atoms with Crippen molar-refractivity contribution in [3.05, 3.63) is 65.5 Å². The fraction of sp³-hybridized carbons (Fsp3) is 0.440. The Hall–Kier alpha value is -2.94. The Morgan fingerprint density at radius 3 is 2.29 bits per heavy atom. The number of para-hydroxylation sites is 1. The lowest BCUT2D eigenvalue weighted by atomic mass is 10.1. The molecule has 2 aromatic rings. The summed E-state index contributed by atoms with van der Waals surface area (Å²) in [7, 11) is -3.78. The zero-order valence-electron chi connectivity index (χ0n) is 19.8. The van der Waals surface area contributed by atoms with Crippen molar-refractivity contribution in [1.29, 1.82) is 0 Å². The van der Waals surface area contributed by atoms with Crippen molar-refractivity contribution in [2.75, 3.05) is 17.1 Å². The van der Waals surface area contributed by atoms with Crippen LogP contribution in [0.2, 0.25) is 0 Å². The third kappa shape index (κ3) is 6.56. The van der Waals surface area contributed by atoms with Crippen molar-refractivity contribution in [2.24, 2.45) is 0 Å². The highest BCUT2D eigenvalue weighted by Crippen LogP contribution is 2.23. The van der Waals surface area contributed by atoms with Gasteiger partial charge in [-0.3, -0.25) is 13.9 Å². The van der Waals surface area contributed by atoms with Crippen LogP contribution in [0.3, 0.4) is 0 Å². The number of carbonyl (C=O) groups excluding carboxylic acids is 2. The van der Waals surface area contributed by atoms with E-state index >= 15 is 0 Å². The first-order chi connectivity index (χ1) is 16.1. The standard InChI is InChI=1S/C25H32FN3O4S/c1-18-8-4-7-11-23(18)29(34(3,32)33)17-24(30)28(16-20-12-14-21(26)15-13-20)19(2)25(31)27-22-9-5-6-10-22/h4,7-8,11-15,19,22H,5-6,9-10,16-17H2,1-3H3,(H,27,31). The van der Waals surface area contributed by atoms with E-state index in [1.807, 2.05) is 0 Å². The lowest BCUT2D eigenvalue weighted by Gasteiger charge is -2.32. The van der Waals surface area contributed by atoms with Crippen molar-refractivity contribution in [1.82, 2.24) is 10.2 Å². The smallest absolute Gasteiger partial charge is 0.244 e. The van der Waals surface area contributed by atoms with E-state index in [4.69, 9.17) is 0 Å². The maximum absolute atomic E-state index is 13.5. The molecule has 0 bridgehead atoms. The molecule has 0 spiro atoms. The molecule has 0 radical (unpaired) electrons. The first kappa shape index (κ1) is 25.7. The Morgan fingerprint density at radius 2 is 1.71 bits per heavy atom. The van der Waals surface area contributed by atoms with Gasteiger partial charge in [-0.15, -0.1) is 0 Å². The monoisotopic (exact) mass is 489 g/mol. The second-order valence-electron chi connectivity index (χ2n) is 8.87. The molecule has 0 heterocycles. The predicted molar refractivity (Wildman–Crippen MR) is 130 cm³/mol. The number of rotatable bonds is 9. The van der Waals surface area contributed by atoms with Crippen LogP contribution in [0, 0.1) is 12.7 Å². The summed E-state index contributed by atoms with van der Waals surface area (Å²) < 4.78 is 39.7. The molecule has 1 aliphatic carbocycles. The van der Waals surface area contributed by atoms with Crippen LogP contribution < -0.4 is 9.62 Å². The molecule has 1 N–H and O–H groups in total. The molecule has 34 heavy (non-hydrogen) atoms. The normalized spacial score (nSPS) is 15.1. The number of anilines is 1.